The molecule has 0 atom stereocenters. The van der Waals surface area contributed by atoms with Gasteiger partial charge in [0.05, 0.1) is 5.88 Å². The van der Waals surface area contributed by atoms with Crippen molar-refractivity contribution in [1.29, 1.82) is 0 Å². The van der Waals surface area contributed by atoms with Gasteiger partial charge < -0.3 is 9.64 Å². The second-order valence-corrected chi connectivity index (χ2v) is 4.49. The van der Waals surface area contributed by atoms with Gasteiger partial charge >= 0.3 is 0 Å². The quantitative estimate of drug-likeness (QED) is 0.758. The van der Waals surface area contributed by atoms with E-state index in [-0.39, 0.29) is 6.10 Å². The third kappa shape index (κ3) is 2.86. The molecule has 88 valence electrons. The van der Waals surface area contributed by atoms with E-state index in [1.165, 1.54) is 0 Å². The molecule has 0 spiro atoms. The lowest BCUT2D eigenvalue weighted by Gasteiger charge is -2.29. The summed E-state index contributed by atoms with van der Waals surface area (Å²) in [5, 5.41) is 0. The molecule has 0 radical (unpaired) electrons. The third-order valence-corrected chi connectivity index (χ3v) is 3.23. The van der Waals surface area contributed by atoms with Gasteiger partial charge in [-0.05, 0) is 26.0 Å². The summed E-state index contributed by atoms with van der Waals surface area (Å²) in [5.41, 5.74) is 0.975. The molecular weight excluding hydrogens is 224 g/mol. The molecule has 1 saturated heterocycles. The van der Waals surface area contributed by atoms with E-state index in [2.05, 4.69) is 16.9 Å². The van der Waals surface area contributed by atoms with Gasteiger partial charge in [0.15, 0.2) is 0 Å². The maximum absolute atomic E-state index is 5.90. The van der Waals surface area contributed by atoms with Crippen LogP contribution in [-0.4, -0.2) is 36.1 Å². The molecule has 0 unspecified atom stereocenters. The standard InChI is InChI=1S/C12H17ClN2O/c1-15-7-4-11(5-8-15)16-12-10(9-13)3-2-6-14-12/h2-3,6,11H,4-5,7-9H2,1H3. The van der Waals surface area contributed by atoms with Crippen LogP contribution in [0.1, 0.15) is 18.4 Å². The number of alkyl halides is 1. The number of rotatable bonds is 3. The largest absolute Gasteiger partial charge is 0.474 e. The summed E-state index contributed by atoms with van der Waals surface area (Å²) < 4.78 is 5.90. The number of piperidine rings is 1. The van der Waals surface area contributed by atoms with Gasteiger partial charge in [-0.1, -0.05) is 6.07 Å². The van der Waals surface area contributed by atoms with Crippen molar-refractivity contribution in [3.05, 3.63) is 23.9 Å². The van der Waals surface area contributed by atoms with Gasteiger partial charge in [-0.3, -0.25) is 0 Å². The number of ether oxygens (including phenoxy) is 1. The number of halogens is 1. The molecule has 1 aromatic heterocycles. The fraction of sp³-hybridized carbons (Fsp3) is 0.583. The topological polar surface area (TPSA) is 25.4 Å². The van der Waals surface area contributed by atoms with Crippen molar-refractivity contribution < 1.29 is 4.74 Å². The highest BCUT2D eigenvalue weighted by molar-refractivity contribution is 6.17. The summed E-state index contributed by atoms with van der Waals surface area (Å²) in [5.74, 6) is 1.16. The monoisotopic (exact) mass is 240 g/mol. The molecule has 2 heterocycles. The maximum atomic E-state index is 5.90. The molecule has 0 N–H and O–H groups in total. The molecule has 1 aliphatic rings. The van der Waals surface area contributed by atoms with Gasteiger partial charge in [0.2, 0.25) is 5.88 Å². The predicted molar refractivity (Wildman–Crippen MR) is 64.9 cm³/mol. The first-order chi connectivity index (χ1) is 7.79. The molecule has 0 saturated carbocycles. The highest BCUT2D eigenvalue weighted by atomic mass is 35.5. The Bertz CT molecular complexity index is 338. The van der Waals surface area contributed by atoms with Crippen molar-refractivity contribution in [3.63, 3.8) is 0 Å². The molecule has 1 aromatic rings. The number of hydrogen-bond donors (Lipinski definition) is 0. The molecule has 16 heavy (non-hydrogen) atoms. The molecule has 4 heteroatoms. The summed E-state index contributed by atoms with van der Waals surface area (Å²) in [7, 11) is 2.14. The van der Waals surface area contributed by atoms with Crippen molar-refractivity contribution in [2.45, 2.75) is 24.8 Å². The van der Waals surface area contributed by atoms with Crippen LogP contribution in [0.5, 0.6) is 5.88 Å². The predicted octanol–water partition coefficient (Wildman–Crippen LogP) is 2.29. The molecule has 3 nitrogen and oxygen atoms in total. The fourth-order valence-corrected chi connectivity index (χ4v) is 2.10. The first kappa shape index (κ1) is 11.7. The number of pyridine rings is 1. The van der Waals surface area contributed by atoms with E-state index >= 15 is 0 Å². The second kappa shape index (κ2) is 5.51. The highest BCUT2D eigenvalue weighted by Gasteiger charge is 2.19. The van der Waals surface area contributed by atoms with Crippen molar-refractivity contribution >= 4 is 11.6 Å². The van der Waals surface area contributed by atoms with E-state index in [4.69, 9.17) is 16.3 Å². The number of nitrogens with zero attached hydrogens (tertiary/aromatic N) is 2. The average Bonchev–Trinajstić information content (AvgIpc) is 2.33. The van der Waals surface area contributed by atoms with Gasteiger partial charge in [-0.15, -0.1) is 11.6 Å². The number of aromatic nitrogens is 1. The second-order valence-electron chi connectivity index (χ2n) is 4.22. The Hall–Kier alpha value is -0.800. The SMILES string of the molecule is CN1CCC(Oc2ncccc2CCl)CC1. The molecule has 1 fully saturated rings. The van der Waals surface area contributed by atoms with Crippen molar-refractivity contribution in [3.8, 4) is 5.88 Å². The van der Waals surface area contributed by atoms with Crippen LogP contribution in [0.15, 0.2) is 18.3 Å². The Balaban J connectivity index is 1.98. The lowest BCUT2D eigenvalue weighted by atomic mass is 10.1. The third-order valence-electron chi connectivity index (χ3n) is 2.94. The lowest BCUT2D eigenvalue weighted by molar-refractivity contribution is 0.109. The first-order valence-electron chi connectivity index (χ1n) is 5.64. The fourth-order valence-electron chi connectivity index (χ4n) is 1.89. The Morgan fingerprint density at radius 2 is 2.25 bits per heavy atom. The molecule has 0 aliphatic carbocycles. The van der Waals surface area contributed by atoms with Gasteiger partial charge in [0, 0.05) is 24.8 Å². The van der Waals surface area contributed by atoms with Gasteiger partial charge in [0.25, 0.3) is 0 Å². The molecule has 0 aromatic carbocycles. The summed E-state index contributed by atoms with van der Waals surface area (Å²) >= 11 is 5.84. The highest BCUT2D eigenvalue weighted by Crippen LogP contribution is 2.21. The Morgan fingerprint density at radius 1 is 1.50 bits per heavy atom. The number of likely N-dealkylation sites (tertiary alicyclic amines) is 1. The van der Waals surface area contributed by atoms with Crippen LogP contribution in [0.2, 0.25) is 0 Å². The first-order valence-corrected chi connectivity index (χ1v) is 6.18. The van der Waals surface area contributed by atoms with Crippen LogP contribution >= 0.6 is 11.6 Å². The normalized spacial score (nSPS) is 18.6. The molecule has 0 amide bonds. The van der Waals surface area contributed by atoms with Crippen LogP contribution in [-0.2, 0) is 5.88 Å². The molecule has 0 bridgehead atoms. The van der Waals surface area contributed by atoms with Crippen LogP contribution in [0.25, 0.3) is 0 Å². The average molecular weight is 241 g/mol. The van der Waals surface area contributed by atoms with Crippen LogP contribution in [0.4, 0.5) is 0 Å². The minimum atomic E-state index is 0.285. The zero-order valence-corrected chi connectivity index (χ0v) is 10.3. The Kier molecular flexibility index (Phi) is 4.02. The van der Waals surface area contributed by atoms with Gasteiger partial charge in [-0.2, -0.15) is 0 Å². The van der Waals surface area contributed by atoms with Crippen molar-refractivity contribution in [1.82, 2.24) is 9.88 Å². The van der Waals surface area contributed by atoms with E-state index in [0.29, 0.717) is 11.8 Å². The lowest BCUT2D eigenvalue weighted by Crippen LogP contribution is -2.35. The zero-order valence-electron chi connectivity index (χ0n) is 9.53. The van der Waals surface area contributed by atoms with Crippen LogP contribution < -0.4 is 4.74 Å². The zero-order chi connectivity index (χ0) is 11.4. The molecular formula is C12H17ClN2O. The van der Waals surface area contributed by atoms with Crippen molar-refractivity contribution in [2.24, 2.45) is 0 Å². The van der Waals surface area contributed by atoms with E-state index in [1.807, 2.05) is 12.1 Å². The van der Waals surface area contributed by atoms with E-state index in [9.17, 15) is 0 Å². The number of hydrogen-bond acceptors (Lipinski definition) is 3. The van der Waals surface area contributed by atoms with Crippen molar-refractivity contribution in [2.75, 3.05) is 20.1 Å². The maximum Gasteiger partial charge on any atom is 0.218 e. The minimum absolute atomic E-state index is 0.285. The van der Waals surface area contributed by atoms with Gasteiger partial charge in [0.1, 0.15) is 6.10 Å². The van der Waals surface area contributed by atoms with E-state index < -0.39 is 0 Å². The smallest absolute Gasteiger partial charge is 0.218 e. The minimum Gasteiger partial charge on any atom is -0.474 e. The van der Waals surface area contributed by atoms with Gasteiger partial charge in [-0.25, -0.2) is 4.98 Å². The summed E-state index contributed by atoms with van der Waals surface area (Å²) in [6.45, 7) is 2.18. The summed E-state index contributed by atoms with van der Waals surface area (Å²) in [6, 6.07) is 3.85. The van der Waals surface area contributed by atoms with E-state index in [0.717, 1.165) is 31.5 Å². The Morgan fingerprint density at radius 3 is 2.94 bits per heavy atom. The Labute approximate surface area is 101 Å². The van der Waals surface area contributed by atoms with Crippen LogP contribution in [0, 0.1) is 0 Å². The summed E-state index contributed by atoms with van der Waals surface area (Å²) in [6.07, 6.45) is 4.16. The van der Waals surface area contributed by atoms with Crippen LogP contribution in [0.3, 0.4) is 0 Å². The summed E-state index contributed by atoms with van der Waals surface area (Å²) in [4.78, 5) is 6.56. The van der Waals surface area contributed by atoms with E-state index in [1.54, 1.807) is 6.20 Å². The molecule has 2 rings (SSSR count). The molecule has 1 aliphatic heterocycles.